The van der Waals surface area contributed by atoms with E-state index in [0.717, 1.165) is 17.8 Å². The normalized spacial score (nSPS) is 38.7. The van der Waals surface area contributed by atoms with Crippen LogP contribution < -0.4 is 0 Å². The first-order valence-corrected chi connectivity index (χ1v) is 6.77. The van der Waals surface area contributed by atoms with Gasteiger partial charge in [-0.2, -0.15) is 0 Å². The third-order valence-electron chi connectivity index (χ3n) is 4.95. The van der Waals surface area contributed by atoms with Crippen molar-refractivity contribution in [2.45, 2.75) is 59.3 Å². The molecule has 2 aliphatic carbocycles. The first kappa shape index (κ1) is 11.2. The van der Waals surface area contributed by atoms with Crippen molar-refractivity contribution in [3.05, 3.63) is 12.2 Å². The van der Waals surface area contributed by atoms with Gasteiger partial charge in [0, 0.05) is 0 Å². The molecule has 0 N–H and O–H groups in total. The molecule has 0 bridgehead atoms. The lowest BCUT2D eigenvalue weighted by atomic mass is 9.77. The van der Waals surface area contributed by atoms with E-state index in [-0.39, 0.29) is 0 Å². The summed E-state index contributed by atoms with van der Waals surface area (Å²) in [7, 11) is 0. The molecule has 0 radical (unpaired) electrons. The summed E-state index contributed by atoms with van der Waals surface area (Å²) in [6.45, 7) is 7.26. The molecule has 86 valence electrons. The van der Waals surface area contributed by atoms with Crippen LogP contribution >= 0.6 is 0 Å². The fourth-order valence-corrected chi connectivity index (χ4v) is 3.53. The van der Waals surface area contributed by atoms with Crippen LogP contribution in [0.15, 0.2) is 12.2 Å². The summed E-state index contributed by atoms with van der Waals surface area (Å²) >= 11 is 0. The van der Waals surface area contributed by atoms with E-state index in [1.54, 1.807) is 0 Å². The predicted octanol–water partition coefficient (Wildman–Crippen LogP) is 4.81. The van der Waals surface area contributed by atoms with Crippen molar-refractivity contribution in [1.29, 1.82) is 0 Å². The van der Waals surface area contributed by atoms with Gasteiger partial charge in [0.15, 0.2) is 0 Å². The quantitative estimate of drug-likeness (QED) is 0.582. The SMILES string of the molecule is CC1CCCC1CCC1CC=CC1(C)C. The van der Waals surface area contributed by atoms with E-state index < -0.39 is 0 Å². The zero-order valence-corrected chi connectivity index (χ0v) is 10.6. The minimum Gasteiger partial charge on any atom is -0.0877 e. The maximum Gasteiger partial charge on any atom is -0.0144 e. The summed E-state index contributed by atoms with van der Waals surface area (Å²) in [4.78, 5) is 0. The van der Waals surface area contributed by atoms with Gasteiger partial charge in [0.2, 0.25) is 0 Å². The van der Waals surface area contributed by atoms with E-state index in [1.165, 1.54) is 38.5 Å². The van der Waals surface area contributed by atoms with Crippen LogP contribution in [0.2, 0.25) is 0 Å². The number of hydrogen-bond acceptors (Lipinski definition) is 0. The van der Waals surface area contributed by atoms with Crippen molar-refractivity contribution in [2.24, 2.45) is 23.2 Å². The summed E-state index contributed by atoms with van der Waals surface area (Å²) in [5.74, 6) is 2.97. The fourth-order valence-electron chi connectivity index (χ4n) is 3.53. The van der Waals surface area contributed by atoms with E-state index in [9.17, 15) is 0 Å². The first-order chi connectivity index (χ1) is 7.09. The minimum atomic E-state index is 0.474. The van der Waals surface area contributed by atoms with E-state index in [4.69, 9.17) is 0 Å². The molecule has 0 heteroatoms. The minimum absolute atomic E-state index is 0.474. The standard InChI is InChI=1S/C15H26/c1-12-6-4-7-13(12)9-10-14-8-5-11-15(14,2)3/h5,11-14H,4,6-10H2,1-3H3. The summed E-state index contributed by atoms with van der Waals surface area (Å²) in [6.07, 6.45) is 13.6. The zero-order valence-electron chi connectivity index (χ0n) is 10.6. The molecule has 15 heavy (non-hydrogen) atoms. The van der Waals surface area contributed by atoms with Gasteiger partial charge in [-0.3, -0.25) is 0 Å². The lowest BCUT2D eigenvalue weighted by molar-refractivity contribution is 0.253. The average molecular weight is 206 g/mol. The molecule has 0 spiro atoms. The Kier molecular flexibility index (Phi) is 3.23. The van der Waals surface area contributed by atoms with Crippen LogP contribution in [0.25, 0.3) is 0 Å². The number of rotatable bonds is 3. The van der Waals surface area contributed by atoms with Crippen LogP contribution in [0.5, 0.6) is 0 Å². The van der Waals surface area contributed by atoms with E-state index >= 15 is 0 Å². The number of allylic oxidation sites excluding steroid dienone is 2. The van der Waals surface area contributed by atoms with Crippen LogP contribution in [-0.4, -0.2) is 0 Å². The lowest BCUT2D eigenvalue weighted by Gasteiger charge is -2.28. The smallest absolute Gasteiger partial charge is 0.0144 e. The maximum absolute atomic E-state index is 2.45. The summed E-state index contributed by atoms with van der Waals surface area (Å²) in [5.41, 5.74) is 0.474. The molecule has 2 rings (SSSR count). The molecule has 0 aliphatic heterocycles. The summed E-state index contributed by atoms with van der Waals surface area (Å²) < 4.78 is 0. The van der Waals surface area contributed by atoms with Crippen molar-refractivity contribution < 1.29 is 0 Å². The van der Waals surface area contributed by atoms with Crippen LogP contribution in [0.1, 0.15) is 59.3 Å². The molecule has 2 aliphatic rings. The molecule has 0 aromatic carbocycles. The molecule has 3 unspecified atom stereocenters. The molecular formula is C15H26. The molecule has 0 aromatic heterocycles. The Morgan fingerprint density at radius 1 is 1.20 bits per heavy atom. The molecule has 1 fully saturated rings. The van der Waals surface area contributed by atoms with Gasteiger partial charge in [0.25, 0.3) is 0 Å². The van der Waals surface area contributed by atoms with Crippen molar-refractivity contribution in [3.63, 3.8) is 0 Å². The molecule has 0 saturated heterocycles. The maximum atomic E-state index is 2.45. The van der Waals surface area contributed by atoms with Gasteiger partial charge in [0.05, 0.1) is 0 Å². The average Bonchev–Trinajstić information content (AvgIpc) is 2.69. The Balaban J connectivity index is 1.79. The van der Waals surface area contributed by atoms with Crippen molar-refractivity contribution >= 4 is 0 Å². The Morgan fingerprint density at radius 2 is 2.00 bits per heavy atom. The van der Waals surface area contributed by atoms with Crippen LogP contribution in [0, 0.1) is 23.2 Å². The molecule has 1 saturated carbocycles. The highest BCUT2D eigenvalue weighted by Crippen LogP contribution is 2.42. The molecular weight excluding hydrogens is 180 g/mol. The molecule has 0 amide bonds. The first-order valence-electron chi connectivity index (χ1n) is 6.77. The van der Waals surface area contributed by atoms with Gasteiger partial charge in [-0.25, -0.2) is 0 Å². The molecule has 3 atom stereocenters. The second-order valence-corrected chi connectivity index (χ2v) is 6.40. The van der Waals surface area contributed by atoms with Crippen LogP contribution in [-0.2, 0) is 0 Å². The van der Waals surface area contributed by atoms with Gasteiger partial charge < -0.3 is 0 Å². The molecule has 0 aromatic rings. The second kappa shape index (κ2) is 4.31. The van der Waals surface area contributed by atoms with Crippen LogP contribution in [0.3, 0.4) is 0 Å². The third kappa shape index (κ3) is 2.46. The van der Waals surface area contributed by atoms with Gasteiger partial charge in [-0.15, -0.1) is 0 Å². The topological polar surface area (TPSA) is 0 Å². The van der Waals surface area contributed by atoms with Gasteiger partial charge in [0.1, 0.15) is 0 Å². The van der Waals surface area contributed by atoms with Crippen molar-refractivity contribution in [3.8, 4) is 0 Å². The van der Waals surface area contributed by atoms with Gasteiger partial charge >= 0.3 is 0 Å². The van der Waals surface area contributed by atoms with E-state index in [0.29, 0.717) is 5.41 Å². The third-order valence-corrected chi connectivity index (χ3v) is 4.95. The Hall–Kier alpha value is -0.260. The monoisotopic (exact) mass is 206 g/mol. The Morgan fingerprint density at radius 3 is 2.53 bits per heavy atom. The van der Waals surface area contributed by atoms with Crippen LogP contribution in [0.4, 0.5) is 0 Å². The molecule has 0 nitrogen and oxygen atoms in total. The predicted molar refractivity (Wildman–Crippen MR) is 66.8 cm³/mol. The second-order valence-electron chi connectivity index (χ2n) is 6.40. The zero-order chi connectivity index (χ0) is 10.9. The highest BCUT2D eigenvalue weighted by molar-refractivity contribution is 5.07. The highest BCUT2D eigenvalue weighted by Gasteiger charge is 2.31. The lowest BCUT2D eigenvalue weighted by Crippen LogP contribution is -2.18. The van der Waals surface area contributed by atoms with Gasteiger partial charge in [-0.05, 0) is 42.4 Å². The summed E-state index contributed by atoms with van der Waals surface area (Å²) in [6, 6.07) is 0. The largest absolute Gasteiger partial charge is 0.0877 e. The molecule has 0 heterocycles. The number of hydrogen-bond donors (Lipinski definition) is 0. The van der Waals surface area contributed by atoms with E-state index in [1.807, 2.05) is 0 Å². The summed E-state index contributed by atoms with van der Waals surface area (Å²) in [5, 5.41) is 0. The van der Waals surface area contributed by atoms with Crippen molar-refractivity contribution in [2.75, 3.05) is 0 Å². The van der Waals surface area contributed by atoms with Crippen molar-refractivity contribution in [1.82, 2.24) is 0 Å². The Labute approximate surface area is 95.1 Å². The van der Waals surface area contributed by atoms with E-state index in [2.05, 4.69) is 32.9 Å². The highest BCUT2D eigenvalue weighted by atomic mass is 14.4. The fraction of sp³-hybridized carbons (Fsp3) is 0.867. The Bertz CT molecular complexity index is 236. The van der Waals surface area contributed by atoms with Gasteiger partial charge in [-0.1, -0.05) is 52.2 Å².